The first-order chi connectivity index (χ1) is 38.2. The number of amides is 2. The molecule has 13 N–H and O–H groups in total. The van der Waals surface area contributed by atoms with Gasteiger partial charge in [-0.15, -0.1) is 0 Å². The van der Waals surface area contributed by atoms with E-state index in [-0.39, 0.29) is 30.6 Å². The molecule has 0 aromatic heterocycles. The number of nitrogens with zero attached hydrogens (tertiary/aromatic N) is 1. The van der Waals surface area contributed by atoms with Gasteiger partial charge in [-0.25, -0.2) is 4.79 Å². The van der Waals surface area contributed by atoms with Crippen molar-refractivity contribution in [2.24, 2.45) is 23.7 Å². The van der Waals surface area contributed by atoms with Crippen LogP contribution in [0.2, 0.25) is 0 Å². The number of hydrogen-bond donors (Lipinski definition) is 13. The Labute approximate surface area is 475 Å². The topological polar surface area (TPSA) is 306 Å². The minimum Gasteiger partial charge on any atom is -0.479 e. The Hall–Kier alpha value is -2.53. The zero-order valence-electron chi connectivity index (χ0n) is 46.6. The second-order valence-corrected chi connectivity index (χ2v) is 23.7. The van der Waals surface area contributed by atoms with Gasteiger partial charge in [0.05, 0.1) is 24.9 Å². The summed E-state index contributed by atoms with van der Waals surface area (Å²) in [5.74, 6) is -3.17. The van der Waals surface area contributed by atoms with Crippen LogP contribution in [0.3, 0.4) is 0 Å². The molecule has 1 aromatic carbocycles. The van der Waals surface area contributed by atoms with Crippen LogP contribution in [0.25, 0.3) is 0 Å². The lowest BCUT2D eigenvalue weighted by molar-refractivity contribution is -0.338. The molecule has 4 aliphatic heterocycles. The van der Waals surface area contributed by atoms with Gasteiger partial charge in [0.15, 0.2) is 18.7 Å². The number of nitrogens with one attached hydrogen (secondary N) is 7. The largest absolute Gasteiger partial charge is 0.479 e. The number of carboxylic acid groups (broad SMARTS) is 1. The number of ether oxygens (including phenoxy) is 5. The maximum absolute atomic E-state index is 14.3. The van der Waals surface area contributed by atoms with Gasteiger partial charge in [0.2, 0.25) is 11.8 Å². The van der Waals surface area contributed by atoms with Crippen molar-refractivity contribution in [3.63, 3.8) is 0 Å². The highest BCUT2D eigenvalue weighted by Crippen LogP contribution is 2.40. The summed E-state index contributed by atoms with van der Waals surface area (Å²) in [5, 5.41) is 89.1. The summed E-state index contributed by atoms with van der Waals surface area (Å²) in [6, 6.07) is 5.15. The van der Waals surface area contributed by atoms with Crippen LogP contribution in [0.15, 0.2) is 22.7 Å². The zero-order valence-corrected chi connectivity index (χ0v) is 48.2. The van der Waals surface area contributed by atoms with Gasteiger partial charge in [-0.3, -0.25) is 14.5 Å². The highest BCUT2D eigenvalue weighted by atomic mass is 79.9. The van der Waals surface area contributed by atoms with Crippen molar-refractivity contribution in [1.82, 2.24) is 42.1 Å². The van der Waals surface area contributed by atoms with E-state index in [1.807, 2.05) is 6.92 Å². The summed E-state index contributed by atoms with van der Waals surface area (Å²) in [6.45, 7) is 14.1. The fraction of sp³-hybridized carbons (Fsp3) is 0.839. The van der Waals surface area contributed by atoms with Crippen LogP contribution in [-0.2, 0) is 51.2 Å². The van der Waals surface area contributed by atoms with Crippen molar-refractivity contribution in [2.75, 3.05) is 85.1 Å². The summed E-state index contributed by atoms with van der Waals surface area (Å²) < 4.78 is 33.2. The van der Waals surface area contributed by atoms with Gasteiger partial charge in [0.25, 0.3) is 0 Å². The summed E-state index contributed by atoms with van der Waals surface area (Å²) in [6.07, 6.45) is -7.07. The molecule has 2 saturated carbocycles. The Morgan fingerprint density at radius 3 is 2.19 bits per heavy atom. The highest BCUT2D eigenvalue weighted by Gasteiger charge is 2.53. The van der Waals surface area contributed by atoms with Crippen molar-refractivity contribution in [3.05, 3.63) is 33.8 Å². The lowest BCUT2D eigenvalue weighted by Crippen LogP contribution is -2.68. The minimum atomic E-state index is -1.65. The number of carboxylic acids is 1. The highest BCUT2D eigenvalue weighted by molar-refractivity contribution is 9.10. The molecular formula is C56H95BrN8O14. The first-order valence-electron chi connectivity index (χ1n) is 29.7. The molecule has 23 heteroatoms. The second kappa shape index (κ2) is 33.1. The maximum atomic E-state index is 14.3. The van der Waals surface area contributed by atoms with E-state index in [2.05, 4.69) is 76.2 Å². The van der Waals surface area contributed by atoms with Crippen LogP contribution in [0, 0.1) is 23.7 Å². The molecule has 22 nitrogen and oxygen atoms in total. The average Bonchev–Trinajstić information content (AvgIpc) is 3.62. The number of aliphatic hydroxyl groups is 5. The number of aliphatic hydroxyl groups excluding tert-OH is 5. The second-order valence-electron chi connectivity index (χ2n) is 22.9. The van der Waals surface area contributed by atoms with E-state index in [1.165, 1.54) is 5.56 Å². The predicted octanol–water partition coefficient (Wildman–Crippen LogP) is 0.425. The lowest BCUT2D eigenvalue weighted by Gasteiger charge is -2.49. The number of carbonyl (C=O) groups is 3. The third-order valence-corrected chi connectivity index (χ3v) is 17.8. The maximum Gasteiger partial charge on any atom is 0.332 e. The molecule has 450 valence electrons. The van der Waals surface area contributed by atoms with Gasteiger partial charge in [-0.2, -0.15) is 0 Å². The molecule has 1 aromatic rings. The van der Waals surface area contributed by atoms with E-state index >= 15 is 0 Å². The number of piperidine rings is 1. The van der Waals surface area contributed by atoms with Crippen LogP contribution in [-0.4, -0.2) is 218 Å². The molecule has 79 heavy (non-hydrogen) atoms. The predicted molar refractivity (Wildman–Crippen MR) is 297 cm³/mol. The van der Waals surface area contributed by atoms with Crippen molar-refractivity contribution >= 4 is 33.7 Å². The molecule has 6 aliphatic rings. The quantitative estimate of drug-likeness (QED) is 0.0743. The Morgan fingerprint density at radius 2 is 1.48 bits per heavy atom. The fourth-order valence-corrected chi connectivity index (χ4v) is 12.8. The van der Waals surface area contributed by atoms with Crippen LogP contribution in [0.4, 0.5) is 0 Å². The standard InChI is InChI=1S/C56H95BrN8O14/c1-3-37-29-40(52(71)63-23-22-62-31-36-11-12-39(41(57)27-36)32-65-25-8-17-59-21-20-58-15-7-16-60-24-26-65)30-42(50(37)79-56-49(70)48(69)46(67)34(2)75-56)77-55-45(64-53(72)38-13-18-61-19-14-38)51(47(68)44(33-66)78-55)76-43(54(73)74)28-35-9-5-4-6-10-35/h11-12,27,34-35,37-38,40,42-51,55-56,58-62,66-70H,3-10,13-26,28-33H2,1-2H3,(H,63,71)(H,64,72)(H,73,74)/t34?,37?,40?,42?,43-,44?,45?,46?,47?,48?,49?,50?,51?,55?,56?/m0/s1. The first kappa shape index (κ1) is 64.0. The third kappa shape index (κ3) is 19.0. The monoisotopic (exact) mass is 1180 g/mol. The molecule has 7 rings (SSSR count). The van der Waals surface area contributed by atoms with E-state index in [4.69, 9.17) is 23.7 Å². The molecule has 2 aliphatic carbocycles. The molecule has 2 amide bonds. The zero-order chi connectivity index (χ0) is 56.3. The number of aliphatic carboxylic acids is 1. The summed E-state index contributed by atoms with van der Waals surface area (Å²) in [7, 11) is 0. The smallest absolute Gasteiger partial charge is 0.332 e. The van der Waals surface area contributed by atoms with Crippen molar-refractivity contribution < 1.29 is 68.7 Å². The molecule has 0 bridgehead atoms. The molecule has 4 saturated heterocycles. The SMILES string of the molecule is CCC1CC(C(=O)NCCNCc2ccc(CN3CCCNCCNCCCNCC3)c(Br)c2)CC(OC2OC(CO)C(O)C(O[C@@H](CC3CCCCC3)C(=O)O)C2NC(=O)C2CCNCC2)C1OC1OC(C)C(O)C(O)C1O. The molecular weight excluding hydrogens is 1090 g/mol. The fourth-order valence-electron chi connectivity index (χ4n) is 12.3. The minimum absolute atomic E-state index is 0.0546. The van der Waals surface area contributed by atoms with Crippen LogP contribution < -0.4 is 37.2 Å². The molecule has 0 spiro atoms. The van der Waals surface area contributed by atoms with Gasteiger partial charge in [-0.1, -0.05) is 73.5 Å². The Kier molecular flexibility index (Phi) is 26.8. The summed E-state index contributed by atoms with van der Waals surface area (Å²) in [4.78, 5) is 43.9. The van der Waals surface area contributed by atoms with E-state index < -0.39 is 110 Å². The van der Waals surface area contributed by atoms with E-state index in [0.717, 1.165) is 114 Å². The number of carbonyl (C=O) groups excluding carboxylic acids is 2. The van der Waals surface area contributed by atoms with E-state index in [9.17, 15) is 45.0 Å². The summed E-state index contributed by atoms with van der Waals surface area (Å²) in [5.41, 5.74) is 2.31. The van der Waals surface area contributed by atoms with Gasteiger partial charge in [-0.05, 0) is 120 Å². The number of rotatable bonds is 21. The first-order valence-corrected chi connectivity index (χ1v) is 30.5. The molecule has 14 unspecified atom stereocenters. The van der Waals surface area contributed by atoms with Gasteiger partial charge in [0.1, 0.15) is 42.7 Å². The number of halogens is 1. The van der Waals surface area contributed by atoms with Crippen molar-refractivity contribution in [1.29, 1.82) is 0 Å². The third-order valence-electron chi connectivity index (χ3n) is 17.0. The van der Waals surface area contributed by atoms with Crippen LogP contribution in [0.1, 0.15) is 108 Å². The Bertz CT molecular complexity index is 1980. The normalized spacial score (nSPS) is 34.0. The van der Waals surface area contributed by atoms with Crippen molar-refractivity contribution in [2.45, 2.75) is 190 Å². The van der Waals surface area contributed by atoms with Gasteiger partial charge in [0, 0.05) is 68.7 Å². The van der Waals surface area contributed by atoms with Gasteiger partial charge < -0.3 is 91.5 Å². The molecule has 4 heterocycles. The van der Waals surface area contributed by atoms with Crippen LogP contribution >= 0.6 is 15.9 Å². The lowest BCUT2D eigenvalue weighted by atomic mass is 9.75. The van der Waals surface area contributed by atoms with Crippen molar-refractivity contribution in [3.8, 4) is 0 Å². The summed E-state index contributed by atoms with van der Waals surface area (Å²) >= 11 is 3.84. The molecule has 15 atom stereocenters. The Morgan fingerprint density at radius 1 is 0.759 bits per heavy atom. The molecule has 0 radical (unpaired) electrons. The van der Waals surface area contributed by atoms with E-state index in [1.54, 1.807) is 6.92 Å². The van der Waals surface area contributed by atoms with Crippen LogP contribution in [0.5, 0.6) is 0 Å². The molecule has 6 fully saturated rings. The van der Waals surface area contributed by atoms with E-state index in [0.29, 0.717) is 58.4 Å². The average molecular weight is 1180 g/mol. The number of hydrogen-bond acceptors (Lipinski definition) is 19. The Balaban J connectivity index is 1.04. The number of benzene rings is 1. The van der Waals surface area contributed by atoms with Gasteiger partial charge >= 0.3 is 5.97 Å².